The average molecular weight is 214 g/mol. The number of likely N-dealkylation sites (N-methyl/N-ethyl adjacent to an activating group) is 1. The number of rotatable bonds is 1. The predicted octanol–water partition coefficient (Wildman–Crippen LogP) is 2.31. The van der Waals surface area contributed by atoms with Crippen molar-refractivity contribution in [3.8, 4) is 0 Å². The van der Waals surface area contributed by atoms with Crippen LogP contribution in [0.2, 0.25) is 5.02 Å². The summed E-state index contributed by atoms with van der Waals surface area (Å²) < 4.78 is 5.05. The summed E-state index contributed by atoms with van der Waals surface area (Å²) in [6.45, 7) is 1.03. The van der Waals surface area contributed by atoms with E-state index < -0.39 is 6.23 Å². The zero-order valence-electron chi connectivity index (χ0n) is 7.94. The van der Waals surface area contributed by atoms with Crippen molar-refractivity contribution in [2.75, 3.05) is 20.2 Å². The molecule has 14 heavy (non-hydrogen) atoms. The second kappa shape index (κ2) is 3.51. The van der Waals surface area contributed by atoms with Gasteiger partial charge in [0.1, 0.15) is 13.2 Å². The van der Waals surface area contributed by atoms with Crippen LogP contribution in [0.3, 0.4) is 0 Å². The van der Waals surface area contributed by atoms with E-state index >= 15 is 0 Å². The Morgan fingerprint density at radius 2 is 2.07 bits per heavy atom. The number of hydroxylamine groups is 3. The van der Waals surface area contributed by atoms with Crippen LogP contribution in [0.15, 0.2) is 24.3 Å². The summed E-state index contributed by atoms with van der Waals surface area (Å²) >= 11 is 5.77. The predicted molar refractivity (Wildman–Crippen MR) is 54.6 cm³/mol. The fourth-order valence-corrected chi connectivity index (χ4v) is 1.79. The van der Waals surface area contributed by atoms with Crippen LogP contribution >= 0.6 is 11.6 Å². The summed E-state index contributed by atoms with van der Waals surface area (Å²) in [6.07, 6.45) is -0.396. The Bertz CT molecular complexity index is 323. The van der Waals surface area contributed by atoms with Gasteiger partial charge < -0.3 is 14.6 Å². The highest BCUT2D eigenvalue weighted by Gasteiger charge is 2.33. The highest BCUT2D eigenvalue weighted by atomic mass is 35.5. The van der Waals surface area contributed by atoms with Gasteiger partial charge in [0.15, 0.2) is 0 Å². The number of hydrogen-bond donors (Lipinski definition) is 0. The first-order valence-corrected chi connectivity index (χ1v) is 4.91. The van der Waals surface area contributed by atoms with E-state index in [9.17, 15) is 5.21 Å². The lowest BCUT2D eigenvalue weighted by molar-refractivity contribution is -0.892. The van der Waals surface area contributed by atoms with Gasteiger partial charge >= 0.3 is 0 Å². The zero-order chi connectivity index (χ0) is 10.2. The fraction of sp³-hybridized carbons (Fsp3) is 0.400. The molecule has 0 spiro atoms. The van der Waals surface area contributed by atoms with Crippen LogP contribution in [0.4, 0.5) is 0 Å². The minimum atomic E-state index is -0.396. The van der Waals surface area contributed by atoms with E-state index in [1.54, 1.807) is 19.2 Å². The Morgan fingerprint density at radius 3 is 2.57 bits per heavy atom. The molecule has 0 N–H and O–H groups in total. The molecule has 1 aromatic rings. The molecule has 0 amide bonds. The normalized spacial score (nSPS) is 32.1. The van der Waals surface area contributed by atoms with Gasteiger partial charge in [-0.2, -0.15) is 0 Å². The van der Waals surface area contributed by atoms with E-state index in [0.717, 1.165) is 5.56 Å². The van der Waals surface area contributed by atoms with Crippen molar-refractivity contribution in [3.05, 3.63) is 40.1 Å². The van der Waals surface area contributed by atoms with Gasteiger partial charge in [0, 0.05) is 10.6 Å². The van der Waals surface area contributed by atoms with Gasteiger partial charge in [-0.3, -0.25) is 0 Å². The van der Waals surface area contributed by atoms with Crippen molar-refractivity contribution in [1.82, 2.24) is 0 Å². The molecule has 2 rings (SSSR count). The van der Waals surface area contributed by atoms with E-state index in [2.05, 4.69) is 0 Å². The van der Waals surface area contributed by atoms with Crippen LogP contribution in [-0.4, -0.2) is 24.8 Å². The highest BCUT2D eigenvalue weighted by Crippen LogP contribution is 2.32. The molecule has 0 bridgehead atoms. The Balaban J connectivity index is 2.27. The van der Waals surface area contributed by atoms with Crippen LogP contribution in [0.25, 0.3) is 0 Å². The van der Waals surface area contributed by atoms with E-state index in [-0.39, 0.29) is 4.65 Å². The Labute approximate surface area is 88.0 Å². The van der Waals surface area contributed by atoms with Crippen molar-refractivity contribution in [3.63, 3.8) is 0 Å². The van der Waals surface area contributed by atoms with Crippen LogP contribution in [0, 0.1) is 5.21 Å². The molecule has 1 aromatic carbocycles. The third-order valence-electron chi connectivity index (χ3n) is 2.46. The van der Waals surface area contributed by atoms with Crippen molar-refractivity contribution in [1.29, 1.82) is 0 Å². The number of quaternary nitrogens is 1. The summed E-state index contributed by atoms with van der Waals surface area (Å²) in [7, 11) is 1.63. The molecule has 1 fully saturated rings. The zero-order valence-corrected chi connectivity index (χ0v) is 8.70. The minimum absolute atomic E-state index is 0.359. The first kappa shape index (κ1) is 9.93. The Kier molecular flexibility index (Phi) is 2.49. The van der Waals surface area contributed by atoms with Gasteiger partial charge in [0.25, 0.3) is 0 Å². The molecular weight excluding hydrogens is 202 g/mol. The second-order valence-corrected chi connectivity index (χ2v) is 4.11. The molecule has 2 unspecified atom stereocenters. The summed E-state index contributed by atoms with van der Waals surface area (Å²) in [6, 6.07) is 7.23. The van der Waals surface area contributed by atoms with Crippen molar-refractivity contribution in [2.45, 2.75) is 6.23 Å². The fourth-order valence-electron chi connectivity index (χ4n) is 1.66. The van der Waals surface area contributed by atoms with Crippen molar-refractivity contribution >= 4 is 11.6 Å². The molecule has 0 aromatic heterocycles. The number of benzene rings is 1. The van der Waals surface area contributed by atoms with Crippen molar-refractivity contribution in [2.24, 2.45) is 0 Å². The molecule has 3 nitrogen and oxygen atoms in total. The first-order valence-electron chi connectivity index (χ1n) is 4.53. The number of hydrogen-bond acceptors (Lipinski definition) is 2. The smallest absolute Gasteiger partial charge is 0.219 e. The molecular formula is C10H12ClNO2. The van der Waals surface area contributed by atoms with Crippen LogP contribution in [-0.2, 0) is 4.74 Å². The lowest BCUT2D eigenvalue weighted by Gasteiger charge is -2.38. The maximum atomic E-state index is 11.9. The molecule has 1 aliphatic rings. The first-order chi connectivity index (χ1) is 6.59. The van der Waals surface area contributed by atoms with Gasteiger partial charge in [-0.1, -0.05) is 11.6 Å². The van der Waals surface area contributed by atoms with Gasteiger partial charge in [0.05, 0.1) is 7.05 Å². The summed E-state index contributed by atoms with van der Waals surface area (Å²) in [5.74, 6) is 0. The molecule has 0 aliphatic carbocycles. The molecule has 1 aliphatic heterocycles. The lowest BCUT2D eigenvalue weighted by Crippen LogP contribution is -2.36. The maximum Gasteiger partial charge on any atom is 0.219 e. The van der Waals surface area contributed by atoms with Crippen LogP contribution in [0.5, 0.6) is 0 Å². The van der Waals surface area contributed by atoms with Gasteiger partial charge in [-0.25, -0.2) is 0 Å². The standard InChI is InChI=1S/C10H12ClNO2/c1-12(13)6-7-14-10(12)8-2-4-9(11)5-3-8/h2-5,10H,6-7H2,1H3. The summed E-state index contributed by atoms with van der Waals surface area (Å²) in [5, 5.41) is 12.6. The maximum absolute atomic E-state index is 11.9. The molecule has 2 atom stereocenters. The second-order valence-electron chi connectivity index (χ2n) is 3.67. The molecule has 1 heterocycles. The van der Waals surface area contributed by atoms with Crippen LogP contribution in [0.1, 0.15) is 11.8 Å². The molecule has 4 heteroatoms. The molecule has 76 valence electrons. The van der Waals surface area contributed by atoms with E-state index in [4.69, 9.17) is 16.3 Å². The topological polar surface area (TPSA) is 32.3 Å². The monoisotopic (exact) mass is 213 g/mol. The SMILES string of the molecule is C[N+]1([O-])CCOC1c1ccc(Cl)cc1. The van der Waals surface area contributed by atoms with Gasteiger partial charge in [-0.05, 0) is 24.3 Å². The lowest BCUT2D eigenvalue weighted by atomic mass is 10.2. The van der Waals surface area contributed by atoms with Crippen LogP contribution < -0.4 is 0 Å². The van der Waals surface area contributed by atoms with Crippen molar-refractivity contribution < 1.29 is 9.38 Å². The third kappa shape index (κ3) is 1.77. The Hall–Kier alpha value is -0.610. The highest BCUT2D eigenvalue weighted by molar-refractivity contribution is 6.30. The van der Waals surface area contributed by atoms with E-state index in [0.29, 0.717) is 18.2 Å². The van der Waals surface area contributed by atoms with E-state index in [1.165, 1.54) is 0 Å². The quantitative estimate of drug-likeness (QED) is 0.530. The number of nitrogens with zero attached hydrogens (tertiary/aromatic N) is 1. The minimum Gasteiger partial charge on any atom is -0.631 e. The number of halogens is 1. The van der Waals surface area contributed by atoms with Gasteiger partial charge in [0.2, 0.25) is 6.23 Å². The largest absolute Gasteiger partial charge is 0.631 e. The Morgan fingerprint density at radius 1 is 1.43 bits per heavy atom. The summed E-state index contributed by atoms with van der Waals surface area (Å²) in [5.41, 5.74) is 0.893. The molecule has 0 radical (unpaired) electrons. The number of ether oxygens (including phenoxy) is 1. The average Bonchev–Trinajstić information content (AvgIpc) is 2.47. The third-order valence-corrected chi connectivity index (χ3v) is 2.71. The molecule has 1 saturated heterocycles. The summed E-state index contributed by atoms with van der Waals surface area (Å²) in [4.78, 5) is 0. The van der Waals surface area contributed by atoms with Gasteiger partial charge in [-0.15, -0.1) is 0 Å². The van der Waals surface area contributed by atoms with E-state index in [1.807, 2.05) is 12.1 Å². The molecule has 0 saturated carbocycles.